The maximum atomic E-state index is 11.1. The minimum Gasteiger partial charge on any atom is -0.330 e. The largest absolute Gasteiger partial charge is 0.330 e. The van der Waals surface area contributed by atoms with Crippen molar-refractivity contribution in [3.63, 3.8) is 0 Å². The Kier molecular flexibility index (Phi) is 1.98. The van der Waals surface area contributed by atoms with Gasteiger partial charge in [-0.05, 0) is 31.3 Å². The van der Waals surface area contributed by atoms with Gasteiger partial charge >= 0.3 is 0 Å². The van der Waals surface area contributed by atoms with Crippen molar-refractivity contribution in [1.29, 1.82) is 0 Å². The number of allylic oxidation sites excluding steroid dienone is 4. The summed E-state index contributed by atoms with van der Waals surface area (Å²) >= 11 is 0. The summed E-state index contributed by atoms with van der Waals surface area (Å²) in [5.74, 6) is 0.184. The first-order valence-electron chi connectivity index (χ1n) is 4.55. The van der Waals surface area contributed by atoms with Crippen LogP contribution in [-0.2, 0) is 4.79 Å². The van der Waals surface area contributed by atoms with Gasteiger partial charge in [-0.2, -0.15) is 0 Å². The van der Waals surface area contributed by atoms with Gasteiger partial charge < -0.3 is 5.32 Å². The van der Waals surface area contributed by atoms with Crippen LogP contribution in [0.1, 0.15) is 32.1 Å². The van der Waals surface area contributed by atoms with E-state index >= 15 is 0 Å². The predicted octanol–water partition coefficient (Wildman–Crippen LogP) is 1.89. The molecule has 0 atom stereocenters. The fourth-order valence-electron chi connectivity index (χ4n) is 1.74. The molecule has 0 bridgehead atoms. The molecule has 1 heterocycles. The summed E-state index contributed by atoms with van der Waals surface area (Å²) in [6, 6.07) is 0. The van der Waals surface area contributed by atoms with Gasteiger partial charge in [0, 0.05) is 12.1 Å². The second kappa shape index (κ2) is 3.13. The van der Waals surface area contributed by atoms with Gasteiger partial charge in [0.25, 0.3) is 0 Å². The highest BCUT2D eigenvalue weighted by molar-refractivity contribution is 5.80. The Morgan fingerprint density at radius 2 is 2.17 bits per heavy atom. The van der Waals surface area contributed by atoms with Crippen LogP contribution in [0.3, 0.4) is 0 Å². The van der Waals surface area contributed by atoms with Gasteiger partial charge in [0.1, 0.15) is 0 Å². The van der Waals surface area contributed by atoms with Crippen LogP contribution in [0.25, 0.3) is 0 Å². The molecule has 2 aliphatic rings. The maximum Gasteiger partial charge on any atom is 0.224 e. The lowest BCUT2D eigenvalue weighted by molar-refractivity contribution is -0.120. The molecule has 0 aromatic rings. The molecule has 1 aliphatic carbocycles. The van der Waals surface area contributed by atoms with Crippen molar-refractivity contribution in [1.82, 2.24) is 5.32 Å². The van der Waals surface area contributed by atoms with Gasteiger partial charge in [0.2, 0.25) is 5.91 Å². The van der Waals surface area contributed by atoms with Gasteiger partial charge in [-0.15, -0.1) is 0 Å². The SMILES string of the molecule is O=C1CCC2=C(CCCC=C2)N1. The first kappa shape index (κ1) is 7.59. The van der Waals surface area contributed by atoms with Crippen LogP contribution < -0.4 is 5.32 Å². The Balaban J connectivity index is 2.23. The highest BCUT2D eigenvalue weighted by Crippen LogP contribution is 2.23. The van der Waals surface area contributed by atoms with E-state index in [0.29, 0.717) is 6.42 Å². The summed E-state index contributed by atoms with van der Waals surface area (Å²) in [4.78, 5) is 11.1. The molecule has 2 rings (SSSR count). The fourth-order valence-corrected chi connectivity index (χ4v) is 1.74. The summed E-state index contributed by atoms with van der Waals surface area (Å²) in [6.45, 7) is 0. The number of hydrogen-bond acceptors (Lipinski definition) is 1. The zero-order valence-electron chi connectivity index (χ0n) is 7.10. The lowest BCUT2D eigenvalue weighted by Gasteiger charge is -2.17. The lowest BCUT2D eigenvalue weighted by Crippen LogP contribution is -2.27. The molecule has 0 unspecified atom stereocenters. The molecule has 2 heteroatoms. The van der Waals surface area contributed by atoms with Crippen molar-refractivity contribution in [2.24, 2.45) is 0 Å². The quantitative estimate of drug-likeness (QED) is 0.580. The van der Waals surface area contributed by atoms with Crippen molar-refractivity contribution in [2.45, 2.75) is 32.1 Å². The van der Waals surface area contributed by atoms with Crippen LogP contribution in [0, 0.1) is 0 Å². The molecule has 1 amide bonds. The van der Waals surface area contributed by atoms with Gasteiger partial charge in [-0.1, -0.05) is 12.2 Å². The summed E-state index contributed by atoms with van der Waals surface area (Å²) in [5.41, 5.74) is 2.51. The molecule has 12 heavy (non-hydrogen) atoms. The van der Waals surface area contributed by atoms with Crippen molar-refractivity contribution >= 4 is 5.91 Å². The molecule has 2 nitrogen and oxygen atoms in total. The zero-order chi connectivity index (χ0) is 8.39. The zero-order valence-corrected chi connectivity index (χ0v) is 7.10. The standard InChI is InChI=1S/C10H13NO/c12-10-7-6-8-4-2-1-3-5-9(8)11-10/h2,4H,1,3,5-7H2,(H,11,12). The van der Waals surface area contributed by atoms with Gasteiger partial charge in [-0.3, -0.25) is 4.79 Å². The Morgan fingerprint density at radius 1 is 1.25 bits per heavy atom. The Bertz CT molecular complexity index is 263. The molecule has 0 saturated heterocycles. The third kappa shape index (κ3) is 1.42. The highest BCUT2D eigenvalue weighted by Gasteiger charge is 2.16. The molecule has 0 saturated carbocycles. The molecule has 0 aromatic carbocycles. The molecule has 0 aromatic heterocycles. The topological polar surface area (TPSA) is 29.1 Å². The van der Waals surface area contributed by atoms with Crippen molar-refractivity contribution in [3.05, 3.63) is 23.4 Å². The molecule has 64 valence electrons. The van der Waals surface area contributed by atoms with Gasteiger partial charge in [0.05, 0.1) is 0 Å². The van der Waals surface area contributed by atoms with Crippen LogP contribution in [-0.4, -0.2) is 5.91 Å². The third-order valence-electron chi connectivity index (χ3n) is 2.42. The average molecular weight is 163 g/mol. The van der Waals surface area contributed by atoms with Crippen molar-refractivity contribution in [3.8, 4) is 0 Å². The normalized spacial score (nSPS) is 23.2. The van der Waals surface area contributed by atoms with E-state index in [2.05, 4.69) is 17.5 Å². The van der Waals surface area contributed by atoms with Crippen molar-refractivity contribution < 1.29 is 4.79 Å². The molecule has 0 radical (unpaired) electrons. The first-order valence-corrected chi connectivity index (χ1v) is 4.55. The lowest BCUT2D eigenvalue weighted by atomic mass is 10.0. The number of carbonyl (C=O) groups is 1. The van der Waals surface area contributed by atoms with Crippen LogP contribution >= 0.6 is 0 Å². The Labute approximate surface area is 72.3 Å². The van der Waals surface area contributed by atoms with Crippen LogP contribution in [0.2, 0.25) is 0 Å². The van der Waals surface area contributed by atoms with Crippen LogP contribution in [0.5, 0.6) is 0 Å². The van der Waals surface area contributed by atoms with Crippen molar-refractivity contribution in [2.75, 3.05) is 0 Å². The molecule has 0 spiro atoms. The van der Waals surface area contributed by atoms with Crippen LogP contribution in [0.15, 0.2) is 23.4 Å². The molecule has 1 aliphatic heterocycles. The predicted molar refractivity (Wildman–Crippen MR) is 47.4 cm³/mol. The third-order valence-corrected chi connectivity index (χ3v) is 2.42. The maximum absolute atomic E-state index is 11.1. The first-order chi connectivity index (χ1) is 5.86. The van der Waals surface area contributed by atoms with Gasteiger partial charge in [0.15, 0.2) is 0 Å². The monoisotopic (exact) mass is 163 g/mol. The summed E-state index contributed by atoms with van der Waals surface area (Å²) in [6.07, 6.45) is 9.30. The molecular formula is C10H13NO. The van der Waals surface area contributed by atoms with E-state index in [9.17, 15) is 4.79 Å². The number of hydrogen-bond donors (Lipinski definition) is 1. The number of rotatable bonds is 0. The minimum absolute atomic E-state index is 0.184. The summed E-state index contributed by atoms with van der Waals surface area (Å²) < 4.78 is 0. The fraction of sp³-hybridized carbons (Fsp3) is 0.500. The molecular weight excluding hydrogens is 150 g/mol. The van der Waals surface area contributed by atoms with E-state index in [1.807, 2.05) is 0 Å². The highest BCUT2D eigenvalue weighted by atomic mass is 16.1. The Hall–Kier alpha value is -1.05. The van der Waals surface area contributed by atoms with Crippen LogP contribution in [0.4, 0.5) is 0 Å². The molecule has 1 N–H and O–H groups in total. The summed E-state index contributed by atoms with van der Waals surface area (Å²) in [5, 5.41) is 2.95. The second-order valence-electron chi connectivity index (χ2n) is 3.35. The number of carbonyl (C=O) groups excluding carboxylic acids is 1. The summed E-state index contributed by atoms with van der Waals surface area (Å²) in [7, 11) is 0. The average Bonchev–Trinajstić information content (AvgIpc) is 2.28. The Morgan fingerprint density at radius 3 is 3.08 bits per heavy atom. The second-order valence-corrected chi connectivity index (χ2v) is 3.35. The van der Waals surface area contributed by atoms with Gasteiger partial charge in [-0.25, -0.2) is 0 Å². The van der Waals surface area contributed by atoms with E-state index in [4.69, 9.17) is 0 Å². The minimum atomic E-state index is 0.184. The van der Waals surface area contributed by atoms with E-state index < -0.39 is 0 Å². The van der Waals surface area contributed by atoms with E-state index in [0.717, 1.165) is 25.7 Å². The van der Waals surface area contributed by atoms with E-state index in [1.165, 1.54) is 11.3 Å². The van der Waals surface area contributed by atoms with E-state index in [1.54, 1.807) is 0 Å². The van der Waals surface area contributed by atoms with E-state index in [-0.39, 0.29) is 5.91 Å². The molecule has 0 fully saturated rings. The smallest absolute Gasteiger partial charge is 0.224 e. The number of nitrogens with one attached hydrogen (secondary N) is 1. The number of amides is 1.